The molecule has 23 heavy (non-hydrogen) atoms. The maximum Gasteiger partial charge on any atom is 0.124 e. The molecule has 2 atom stereocenters. The van der Waals surface area contributed by atoms with Crippen molar-refractivity contribution in [1.82, 2.24) is 0 Å². The monoisotopic (exact) mass is 345 g/mol. The van der Waals surface area contributed by atoms with Gasteiger partial charge in [0.25, 0.3) is 0 Å². The van der Waals surface area contributed by atoms with Crippen molar-refractivity contribution in [3.05, 3.63) is 36.2 Å². The highest BCUT2D eigenvalue weighted by Crippen LogP contribution is 2.44. The molecule has 0 aliphatic carbocycles. The number of fused-ring (bicyclic) bond motifs is 1. The topological polar surface area (TPSA) is 21.6 Å². The second kappa shape index (κ2) is 11.6. The van der Waals surface area contributed by atoms with Crippen LogP contribution in [0.3, 0.4) is 0 Å². The van der Waals surface area contributed by atoms with Gasteiger partial charge < -0.3 is 4.74 Å². The SMILES string of the molecule is C=C/C=C(\C(F)=C/C)C12COCCC1CSC(C)=N2.CC.CF. The van der Waals surface area contributed by atoms with Crippen molar-refractivity contribution in [3.8, 4) is 0 Å². The van der Waals surface area contributed by atoms with Gasteiger partial charge in [0.05, 0.1) is 18.8 Å². The Morgan fingerprint density at radius 2 is 2.09 bits per heavy atom. The van der Waals surface area contributed by atoms with Gasteiger partial charge in [0.2, 0.25) is 0 Å². The molecule has 0 bridgehead atoms. The summed E-state index contributed by atoms with van der Waals surface area (Å²) < 4.78 is 29.4. The average molecular weight is 345 g/mol. The molecule has 1 fully saturated rings. The molecular weight excluding hydrogens is 316 g/mol. The van der Waals surface area contributed by atoms with Gasteiger partial charge in [-0.3, -0.25) is 9.38 Å². The van der Waals surface area contributed by atoms with Crippen molar-refractivity contribution in [3.63, 3.8) is 0 Å². The first-order valence-electron chi connectivity index (χ1n) is 7.94. The number of alkyl halides is 1. The normalized spacial score (nSPS) is 27.4. The molecule has 1 saturated heterocycles. The number of aliphatic imine (C=N–C) groups is 1. The number of allylic oxidation sites excluding steroid dienone is 3. The summed E-state index contributed by atoms with van der Waals surface area (Å²) in [6.07, 6.45) is 5.78. The smallest absolute Gasteiger partial charge is 0.124 e. The van der Waals surface area contributed by atoms with Crippen LogP contribution in [-0.2, 0) is 4.74 Å². The van der Waals surface area contributed by atoms with Gasteiger partial charge in [0, 0.05) is 23.9 Å². The van der Waals surface area contributed by atoms with E-state index < -0.39 is 5.54 Å². The molecular formula is C18H29F2NOS. The highest BCUT2D eigenvalue weighted by Gasteiger charge is 2.47. The van der Waals surface area contributed by atoms with Crippen LogP contribution in [0.5, 0.6) is 0 Å². The minimum absolute atomic E-state index is 0.223. The summed E-state index contributed by atoms with van der Waals surface area (Å²) >= 11 is 1.76. The molecule has 2 aliphatic heterocycles. The van der Waals surface area contributed by atoms with E-state index in [9.17, 15) is 8.78 Å². The second-order valence-corrected chi connectivity index (χ2v) is 6.07. The lowest BCUT2D eigenvalue weighted by molar-refractivity contribution is 0.0223. The Morgan fingerprint density at radius 3 is 2.65 bits per heavy atom. The Bertz CT molecular complexity index is 460. The van der Waals surface area contributed by atoms with Crippen molar-refractivity contribution in [1.29, 1.82) is 0 Å². The molecule has 132 valence electrons. The third-order valence-corrected chi connectivity index (χ3v) is 4.80. The van der Waals surface area contributed by atoms with E-state index in [2.05, 4.69) is 6.58 Å². The number of thioether (sulfide) groups is 1. The molecule has 2 unspecified atom stereocenters. The van der Waals surface area contributed by atoms with Crippen LogP contribution in [0, 0.1) is 5.92 Å². The van der Waals surface area contributed by atoms with E-state index in [-0.39, 0.29) is 5.83 Å². The fourth-order valence-corrected chi connectivity index (χ4v) is 3.86. The van der Waals surface area contributed by atoms with Crippen LogP contribution in [0.25, 0.3) is 0 Å². The Labute approximate surface area is 143 Å². The van der Waals surface area contributed by atoms with Gasteiger partial charge in [-0.15, -0.1) is 11.8 Å². The third-order valence-electron chi connectivity index (χ3n) is 3.72. The first-order chi connectivity index (χ1) is 11.1. The van der Waals surface area contributed by atoms with E-state index in [0.717, 1.165) is 23.8 Å². The molecule has 2 nitrogen and oxygen atoms in total. The van der Waals surface area contributed by atoms with Crippen LogP contribution >= 0.6 is 11.8 Å². The van der Waals surface area contributed by atoms with Gasteiger partial charge in [-0.1, -0.05) is 38.7 Å². The van der Waals surface area contributed by atoms with E-state index >= 15 is 0 Å². The average Bonchev–Trinajstić information content (AvgIpc) is 2.62. The summed E-state index contributed by atoms with van der Waals surface area (Å²) in [4.78, 5) is 4.78. The van der Waals surface area contributed by atoms with E-state index in [1.807, 2.05) is 20.8 Å². The fourth-order valence-electron chi connectivity index (χ4n) is 2.75. The van der Waals surface area contributed by atoms with Gasteiger partial charge in [-0.25, -0.2) is 4.39 Å². The lowest BCUT2D eigenvalue weighted by Gasteiger charge is -2.44. The van der Waals surface area contributed by atoms with Gasteiger partial charge in [0.1, 0.15) is 11.4 Å². The predicted octanol–water partition coefficient (Wildman–Crippen LogP) is 5.52. The number of halogens is 2. The molecule has 0 aromatic carbocycles. The maximum absolute atomic E-state index is 14.3. The molecule has 5 heteroatoms. The van der Waals surface area contributed by atoms with Crippen molar-refractivity contribution in [2.24, 2.45) is 10.9 Å². The quantitative estimate of drug-likeness (QED) is 0.628. The van der Waals surface area contributed by atoms with Crippen molar-refractivity contribution < 1.29 is 13.5 Å². The van der Waals surface area contributed by atoms with Crippen LogP contribution in [0.2, 0.25) is 0 Å². The number of ether oxygens (including phenoxy) is 1. The van der Waals surface area contributed by atoms with Crippen LogP contribution in [0.4, 0.5) is 8.78 Å². The Hall–Kier alpha value is -0.940. The second-order valence-electron chi connectivity index (χ2n) is 4.86. The lowest BCUT2D eigenvalue weighted by atomic mass is 9.75. The molecule has 0 spiro atoms. The maximum atomic E-state index is 14.3. The highest BCUT2D eigenvalue weighted by molar-refractivity contribution is 8.13. The summed E-state index contributed by atoms with van der Waals surface area (Å²) in [5.74, 6) is 1.08. The third kappa shape index (κ3) is 5.28. The van der Waals surface area contributed by atoms with Gasteiger partial charge >= 0.3 is 0 Å². The van der Waals surface area contributed by atoms with Crippen LogP contribution < -0.4 is 0 Å². The Balaban J connectivity index is 0.00000112. The molecule has 0 saturated carbocycles. The van der Waals surface area contributed by atoms with Gasteiger partial charge in [-0.05, 0) is 20.3 Å². The Kier molecular flexibility index (Phi) is 11.1. The minimum atomic E-state index is -0.571. The van der Waals surface area contributed by atoms with Gasteiger partial charge in [0.15, 0.2) is 0 Å². The van der Waals surface area contributed by atoms with Crippen LogP contribution in [0.1, 0.15) is 34.1 Å². The summed E-state index contributed by atoms with van der Waals surface area (Å²) in [5.41, 5.74) is 0.0348. The minimum Gasteiger partial charge on any atom is -0.379 e. The number of hydrogen-bond donors (Lipinski definition) is 0. The largest absolute Gasteiger partial charge is 0.379 e. The van der Waals surface area contributed by atoms with E-state index in [0.29, 0.717) is 25.3 Å². The molecule has 0 radical (unpaired) electrons. The highest BCUT2D eigenvalue weighted by atomic mass is 32.2. The standard InChI is InChI=1S/C15H20FNOS.C2H6.CH3F/c1-4-6-13(14(16)5-2)15-10-18-8-7-12(15)9-19-11(3)17-15;2*1-2/h4-6,12H,1,7-10H2,2-3H3;1-2H3;1H3/b13-6+,14-5+;;. The number of nitrogens with zero attached hydrogens (tertiary/aromatic N) is 1. The van der Waals surface area contributed by atoms with Crippen LogP contribution in [0.15, 0.2) is 41.2 Å². The van der Waals surface area contributed by atoms with E-state index in [1.165, 1.54) is 6.08 Å². The number of hydrogen-bond acceptors (Lipinski definition) is 3. The first kappa shape index (κ1) is 22.1. The van der Waals surface area contributed by atoms with Gasteiger partial charge in [-0.2, -0.15) is 0 Å². The molecule has 0 N–H and O–H groups in total. The molecule has 0 aromatic heterocycles. The van der Waals surface area contributed by atoms with Crippen molar-refractivity contribution in [2.45, 2.75) is 39.7 Å². The first-order valence-corrected chi connectivity index (χ1v) is 8.92. The van der Waals surface area contributed by atoms with Crippen LogP contribution in [-0.4, -0.2) is 36.7 Å². The molecule has 2 aliphatic rings. The zero-order chi connectivity index (χ0) is 17.9. The fraction of sp³-hybridized carbons (Fsp3) is 0.611. The summed E-state index contributed by atoms with van der Waals surface area (Å²) in [7, 11) is 0.500. The zero-order valence-corrected chi connectivity index (χ0v) is 15.7. The molecule has 0 aromatic rings. The number of rotatable bonds is 3. The zero-order valence-electron chi connectivity index (χ0n) is 14.9. The van der Waals surface area contributed by atoms with E-state index in [4.69, 9.17) is 9.73 Å². The lowest BCUT2D eigenvalue weighted by Crippen LogP contribution is -2.50. The van der Waals surface area contributed by atoms with Crippen molar-refractivity contribution >= 4 is 16.8 Å². The summed E-state index contributed by atoms with van der Waals surface area (Å²) in [6, 6.07) is 0. The van der Waals surface area contributed by atoms with Crippen molar-refractivity contribution in [2.75, 3.05) is 26.1 Å². The van der Waals surface area contributed by atoms with E-state index in [1.54, 1.807) is 30.8 Å². The predicted molar refractivity (Wildman–Crippen MR) is 98.7 cm³/mol. The summed E-state index contributed by atoms with van der Waals surface area (Å²) in [6.45, 7) is 12.6. The molecule has 2 heterocycles. The molecule has 2 rings (SSSR count). The summed E-state index contributed by atoms with van der Waals surface area (Å²) in [5, 5.41) is 1.00. The Morgan fingerprint density at radius 1 is 1.43 bits per heavy atom. The molecule has 0 amide bonds.